The molecule has 2 heteroatoms. The van der Waals surface area contributed by atoms with Crippen LogP contribution >= 0.6 is 0 Å². The molecule has 0 saturated carbocycles. The van der Waals surface area contributed by atoms with Crippen LogP contribution in [0.5, 0.6) is 0 Å². The number of hydrogen-bond donors (Lipinski definition) is 2. The van der Waals surface area contributed by atoms with E-state index in [4.69, 9.17) is 0 Å². The van der Waals surface area contributed by atoms with Crippen molar-refractivity contribution < 1.29 is 0 Å². The van der Waals surface area contributed by atoms with Crippen LogP contribution in [0.4, 0.5) is 0 Å². The summed E-state index contributed by atoms with van der Waals surface area (Å²) in [7, 11) is 0. The zero-order chi connectivity index (χ0) is 15.1. The molecule has 2 aromatic carbocycles. The molecule has 0 aliphatic carbocycles. The monoisotopic (exact) mass is 294 g/mol. The van der Waals surface area contributed by atoms with E-state index < -0.39 is 0 Å². The average molecular weight is 294 g/mol. The predicted octanol–water partition coefficient (Wildman–Crippen LogP) is 3.14. The highest BCUT2D eigenvalue weighted by Crippen LogP contribution is 2.32. The van der Waals surface area contributed by atoms with E-state index in [0.717, 1.165) is 32.6 Å². The molecule has 1 aliphatic heterocycles. The van der Waals surface area contributed by atoms with Crippen molar-refractivity contribution in [3.05, 3.63) is 71.8 Å². The van der Waals surface area contributed by atoms with E-state index in [-0.39, 0.29) is 0 Å². The van der Waals surface area contributed by atoms with Gasteiger partial charge in [0.15, 0.2) is 0 Å². The van der Waals surface area contributed by atoms with Gasteiger partial charge in [-0.2, -0.15) is 0 Å². The van der Waals surface area contributed by atoms with Crippen molar-refractivity contribution >= 4 is 0 Å². The Bertz CT molecular complexity index is 544. The third-order valence-corrected chi connectivity index (χ3v) is 4.84. The number of piperidine rings is 1. The third-order valence-electron chi connectivity index (χ3n) is 4.84. The van der Waals surface area contributed by atoms with Crippen LogP contribution in [0.1, 0.15) is 24.0 Å². The van der Waals surface area contributed by atoms with Gasteiger partial charge in [0.05, 0.1) is 0 Å². The molecule has 2 aromatic rings. The summed E-state index contributed by atoms with van der Waals surface area (Å²) in [5, 5.41) is 7.21. The Hall–Kier alpha value is -1.64. The standard InChI is InChI=1S/C20H26N2/c1-3-7-18(8-4-1)11-14-22-17-20(12-15-21-16-13-20)19-9-5-2-6-10-19/h1-10,21-22H,11-17H2. The van der Waals surface area contributed by atoms with Crippen molar-refractivity contribution in [2.75, 3.05) is 26.2 Å². The Kier molecular flexibility index (Phi) is 5.25. The van der Waals surface area contributed by atoms with Crippen LogP contribution in [0.3, 0.4) is 0 Å². The lowest BCUT2D eigenvalue weighted by molar-refractivity contribution is 0.294. The van der Waals surface area contributed by atoms with Crippen molar-refractivity contribution in [3.63, 3.8) is 0 Å². The van der Waals surface area contributed by atoms with Gasteiger partial charge in [0, 0.05) is 12.0 Å². The van der Waals surface area contributed by atoms with Gasteiger partial charge in [-0.05, 0) is 50.0 Å². The highest BCUT2D eigenvalue weighted by Gasteiger charge is 2.33. The van der Waals surface area contributed by atoms with Crippen LogP contribution in [0.2, 0.25) is 0 Å². The van der Waals surface area contributed by atoms with Gasteiger partial charge in [-0.15, -0.1) is 0 Å². The van der Waals surface area contributed by atoms with Crippen LogP contribution in [-0.2, 0) is 11.8 Å². The molecule has 1 heterocycles. The summed E-state index contributed by atoms with van der Waals surface area (Å²) in [5.74, 6) is 0. The summed E-state index contributed by atoms with van der Waals surface area (Å²) < 4.78 is 0. The Morgan fingerprint density at radius 3 is 2.18 bits per heavy atom. The minimum absolute atomic E-state index is 0.295. The number of rotatable bonds is 6. The van der Waals surface area contributed by atoms with E-state index in [1.807, 2.05) is 0 Å². The maximum Gasteiger partial charge on any atom is 0.0102 e. The first-order chi connectivity index (χ1) is 10.9. The van der Waals surface area contributed by atoms with E-state index >= 15 is 0 Å². The largest absolute Gasteiger partial charge is 0.317 e. The molecule has 0 aromatic heterocycles. The summed E-state index contributed by atoms with van der Waals surface area (Å²) in [6.07, 6.45) is 3.54. The summed E-state index contributed by atoms with van der Waals surface area (Å²) in [4.78, 5) is 0. The Labute approximate surface area is 134 Å². The summed E-state index contributed by atoms with van der Waals surface area (Å²) in [6.45, 7) is 4.36. The smallest absolute Gasteiger partial charge is 0.0102 e. The molecule has 1 fully saturated rings. The molecular formula is C20H26N2. The summed E-state index contributed by atoms with van der Waals surface area (Å²) in [5.41, 5.74) is 3.20. The molecule has 0 radical (unpaired) electrons. The highest BCUT2D eigenvalue weighted by molar-refractivity contribution is 5.27. The Morgan fingerprint density at radius 1 is 0.864 bits per heavy atom. The fourth-order valence-corrected chi connectivity index (χ4v) is 3.47. The topological polar surface area (TPSA) is 24.1 Å². The molecule has 0 bridgehead atoms. The lowest BCUT2D eigenvalue weighted by atomic mass is 9.73. The van der Waals surface area contributed by atoms with E-state index in [1.165, 1.54) is 24.0 Å². The molecule has 22 heavy (non-hydrogen) atoms. The minimum atomic E-state index is 0.295. The summed E-state index contributed by atoms with van der Waals surface area (Å²) >= 11 is 0. The molecule has 3 rings (SSSR count). The Morgan fingerprint density at radius 2 is 1.50 bits per heavy atom. The van der Waals surface area contributed by atoms with Crippen LogP contribution in [0.25, 0.3) is 0 Å². The second kappa shape index (κ2) is 7.57. The fraction of sp³-hybridized carbons (Fsp3) is 0.400. The highest BCUT2D eigenvalue weighted by atomic mass is 14.9. The minimum Gasteiger partial charge on any atom is -0.317 e. The van der Waals surface area contributed by atoms with Crippen LogP contribution in [-0.4, -0.2) is 26.2 Å². The van der Waals surface area contributed by atoms with Gasteiger partial charge in [0.1, 0.15) is 0 Å². The predicted molar refractivity (Wildman–Crippen MR) is 93.2 cm³/mol. The molecule has 1 saturated heterocycles. The van der Waals surface area contributed by atoms with E-state index in [9.17, 15) is 0 Å². The first-order valence-electron chi connectivity index (χ1n) is 8.40. The molecule has 0 amide bonds. The van der Waals surface area contributed by atoms with E-state index in [0.29, 0.717) is 5.41 Å². The van der Waals surface area contributed by atoms with Gasteiger partial charge in [0.2, 0.25) is 0 Å². The maximum absolute atomic E-state index is 3.72. The van der Waals surface area contributed by atoms with Crippen molar-refractivity contribution in [3.8, 4) is 0 Å². The van der Waals surface area contributed by atoms with Crippen LogP contribution < -0.4 is 10.6 Å². The number of nitrogens with one attached hydrogen (secondary N) is 2. The van der Waals surface area contributed by atoms with Crippen LogP contribution in [0, 0.1) is 0 Å². The molecule has 0 atom stereocenters. The Balaban J connectivity index is 1.59. The lowest BCUT2D eigenvalue weighted by Gasteiger charge is -2.38. The molecule has 116 valence electrons. The van der Waals surface area contributed by atoms with E-state index in [1.54, 1.807) is 0 Å². The summed E-state index contributed by atoms with van der Waals surface area (Å²) in [6, 6.07) is 21.8. The SMILES string of the molecule is c1ccc(CCNCC2(c3ccccc3)CCNCC2)cc1. The first kappa shape index (κ1) is 15.3. The molecule has 2 nitrogen and oxygen atoms in total. The molecule has 0 spiro atoms. The third kappa shape index (κ3) is 3.76. The fourth-order valence-electron chi connectivity index (χ4n) is 3.47. The second-order valence-electron chi connectivity index (χ2n) is 6.31. The molecule has 2 N–H and O–H groups in total. The van der Waals surface area contributed by atoms with Gasteiger partial charge < -0.3 is 10.6 Å². The number of hydrogen-bond acceptors (Lipinski definition) is 2. The number of benzene rings is 2. The van der Waals surface area contributed by atoms with Crippen molar-refractivity contribution in [1.29, 1.82) is 0 Å². The zero-order valence-electron chi connectivity index (χ0n) is 13.2. The van der Waals surface area contributed by atoms with Crippen LogP contribution in [0.15, 0.2) is 60.7 Å². The van der Waals surface area contributed by atoms with Crippen molar-refractivity contribution in [2.24, 2.45) is 0 Å². The average Bonchev–Trinajstić information content (AvgIpc) is 2.61. The molecular weight excluding hydrogens is 268 g/mol. The van der Waals surface area contributed by atoms with Gasteiger partial charge in [-0.25, -0.2) is 0 Å². The zero-order valence-corrected chi connectivity index (χ0v) is 13.2. The second-order valence-corrected chi connectivity index (χ2v) is 6.31. The van der Waals surface area contributed by atoms with Gasteiger partial charge in [-0.1, -0.05) is 60.7 Å². The quantitative estimate of drug-likeness (QED) is 0.800. The van der Waals surface area contributed by atoms with Crippen molar-refractivity contribution in [2.45, 2.75) is 24.7 Å². The molecule has 0 unspecified atom stereocenters. The first-order valence-corrected chi connectivity index (χ1v) is 8.40. The molecule has 1 aliphatic rings. The maximum atomic E-state index is 3.72. The van der Waals surface area contributed by atoms with Gasteiger partial charge >= 0.3 is 0 Å². The van der Waals surface area contributed by atoms with Gasteiger partial charge in [0.25, 0.3) is 0 Å². The lowest BCUT2D eigenvalue weighted by Crippen LogP contribution is -2.46. The normalized spacial score (nSPS) is 17.3. The van der Waals surface area contributed by atoms with E-state index in [2.05, 4.69) is 71.3 Å². The van der Waals surface area contributed by atoms with Gasteiger partial charge in [-0.3, -0.25) is 0 Å². The van der Waals surface area contributed by atoms with Crippen molar-refractivity contribution in [1.82, 2.24) is 10.6 Å².